The van der Waals surface area contributed by atoms with Crippen LogP contribution in [0.4, 0.5) is 0 Å². The van der Waals surface area contributed by atoms with Crippen LogP contribution in [0.2, 0.25) is 0 Å². The maximum atomic E-state index is 5.40. The van der Waals surface area contributed by atoms with Crippen LogP contribution in [0.5, 0.6) is 0 Å². The fourth-order valence-electron chi connectivity index (χ4n) is 1.17. The fourth-order valence-corrected chi connectivity index (χ4v) is 1.17. The number of nitrogens with one attached hydrogen (secondary N) is 1. The van der Waals surface area contributed by atoms with Crippen molar-refractivity contribution in [2.45, 2.75) is 45.3 Å². The van der Waals surface area contributed by atoms with Gasteiger partial charge in [-0.05, 0) is 26.7 Å². The molecule has 1 aliphatic rings. The molecule has 0 unspecified atom stereocenters. The van der Waals surface area contributed by atoms with Gasteiger partial charge in [-0.3, -0.25) is 0 Å². The summed E-state index contributed by atoms with van der Waals surface area (Å²) in [7, 11) is 0. The van der Waals surface area contributed by atoms with E-state index in [1.807, 2.05) is 0 Å². The second-order valence-electron chi connectivity index (χ2n) is 3.50. The average molecular weight is 157 g/mol. The molecule has 1 aliphatic carbocycles. The summed E-state index contributed by atoms with van der Waals surface area (Å²) in [5, 5.41) is 3.45. The minimum atomic E-state index is 0.373. The predicted octanol–water partition coefficient (Wildman–Crippen LogP) is 1.55. The van der Waals surface area contributed by atoms with Crippen LogP contribution in [0, 0.1) is 0 Å². The molecule has 0 aromatic carbocycles. The number of ether oxygens (including phenoxy) is 1. The number of hydrogen-bond donors (Lipinski definition) is 1. The zero-order valence-electron chi connectivity index (χ0n) is 7.60. The summed E-state index contributed by atoms with van der Waals surface area (Å²) < 4.78 is 5.40. The molecule has 0 heterocycles. The molecule has 1 N–H and O–H groups in total. The van der Waals surface area contributed by atoms with Gasteiger partial charge in [-0.2, -0.15) is 0 Å². The second-order valence-corrected chi connectivity index (χ2v) is 3.50. The van der Waals surface area contributed by atoms with E-state index in [0.717, 1.165) is 19.2 Å². The summed E-state index contributed by atoms with van der Waals surface area (Å²) in [6.07, 6.45) is 4.50. The second kappa shape index (κ2) is 4.73. The molecule has 0 spiro atoms. The molecule has 0 amide bonds. The van der Waals surface area contributed by atoms with Crippen LogP contribution in [0.3, 0.4) is 0 Å². The van der Waals surface area contributed by atoms with Crippen molar-refractivity contribution in [2.24, 2.45) is 0 Å². The molecule has 0 aromatic rings. The first-order valence-electron chi connectivity index (χ1n) is 4.64. The summed E-state index contributed by atoms with van der Waals surface area (Å²) in [4.78, 5) is 0. The van der Waals surface area contributed by atoms with E-state index in [1.54, 1.807) is 0 Å². The van der Waals surface area contributed by atoms with Crippen LogP contribution in [-0.2, 0) is 4.74 Å². The SMILES string of the molecule is CC(C)OCCNC1CCC1. The normalized spacial score (nSPS) is 18.8. The molecule has 2 nitrogen and oxygen atoms in total. The van der Waals surface area contributed by atoms with Crippen molar-refractivity contribution in [2.75, 3.05) is 13.2 Å². The Balaban J connectivity index is 1.80. The molecule has 1 rings (SSSR count). The molecule has 1 saturated carbocycles. The molecule has 0 saturated heterocycles. The van der Waals surface area contributed by atoms with E-state index < -0.39 is 0 Å². The summed E-state index contributed by atoms with van der Waals surface area (Å²) in [5.74, 6) is 0. The van der Waals surface area contributed by atoms with Crippen molar-refractivity contribution in [1.29, 1.82) is 0 Å². The van der Waals surface area contributed by atoms with Crippen molar-refractivity contribution in [3.05, 3.63) is 0 Å². The van der Waals surface area contributed by atoms with Crippen LogP contribution in [0.15, 0.2) is 0 Å². The standard InChI is InChI=1S/C9H19NO/c1-8(2)11-7-6-10-9-4-3-5-9/h8-10H,3-7H2,1-2H3. The van der Waals surface area contributed by atoms with Gasteiger partial charge in [-0.1, -0.05) is 6.42 Å². The van der Waals surface area contributed by atoms with Crippen LogP contribution < -0.4 is 5.32 Å². The lowest BCUT2D eigenvalue weighted by molar-refractivity contribution is 0.0775. The Labute approximate surface area is 69.3 Å². The fraction of sp³-hybridized carbons (Fsp3) is 1.00. The Morgan fingerprint density at radius 1 is 1.45 bits per heavy atom. The van der Waals surface area contributed by atoms with Crippen molar-refractivity contribution < 1.29 is 4.74 Å². The first kappa shape index (κ1) is 9.01. The molecule has 0 aromatic heterocycles. The monoisotopic (exact) mass is 157 g/mol. The highest BCUT2D eigenvalue weighted by atomic mass is 16.5. The molecular formula is C9H19NO. The van der Waals surface area contributed by atoms with Gasteiger partial charge in [0.2, 0.25) is 0 Å². The predicted molar refractivity (Wildman–Crippen MR) is 46.7 cm³/mol. The van der Waals surface area contributed by atoms with Crippen molar-refractivity contribution in [3.8, 4) is 0 Å². The Bertz CT molecular complexity index is 99.7. The van der Waals surface area contributed by atoms with E-state index in [0.29, 0.717) is 6.10 Å². The third-order valence-electron chi connectivity index (χ3n) is 2.09. The minimum Gasteiger partial charge on any atom is -0.377 e. The van der Waals surface area contributed by atoms with Gasteiger partial charge in [0, 0.05) is 12.6 Å². The summed E-state index contributed by atoms with van der Waals surface area (Å²) in [5.41, 5.74) is 0. The first-order chi connectivity index (χ1) is 5.29. The zero-order chi connectivity index (χ0) is 8.10. The maximum Gasteiger partial charge on any atom is 0.0594 e. The van der Waals surface area contributed by atoms with Gasteiger partial charge in [0.15, 0.2) is 0 Å². The smallest absolute Gasteiger partial charge is 0.0594 e. The zero-order valence-corrected chi connectivity index (χ0v) is 7.60. The summed E-state index contributed by atoms with van der Waals surface area (Å²) in [6.45, 7) is 6.02. The van der Waals surface area contributed by atoms with Crippen molar-refractivity contribution >= 4 is 0 Å². The van der Waals surface area contributed by atoms with E-state index in [9.17, 15) is 0 Å². The Kier molecular flexibility index (Phi) is 3.87. The molecule has 0 atom stereocenters. The van der Waals surface area contributed by atoms with Gasteiger partial charge in [-0.15, -0.1) is 0 Å². The Morgan fingerprint density at radius 3 is 2.64 bits per heavy atom. The minimum absolute atomic E-state index is 0.373. The van der Waals surface area contributed by atoms with Crippen LogP contribution >= 0.6 is 0 Å². The highest BCUT2D eigenvalue weighted by Crippen LogP contribution is 2.17. The van der Waals surface area contributed by atoms with Gasteiger partial charge < -0.3 is 10.1 Å². The number of rotatable bonds is 5. The van der Waals surface area contributed by atoms with Crippen molar-refractivity contribution in [1.82, 2.24) is 5.32 Å². The van der Waals surface area contributed by atoms with Crippen molar-refractivity contribution in [3.63, 3.8) is 0 Å². The third kappa shape index (κ3) is 3.73. The first-order valence-corrected chi connectivity index (χ1v) is 4.64. The maximum absolute atomic E-state index is 5.40. The highest BCUT2D eigenvalue weighted by molar-refractivity contribution is 4.75. The van der Waals surface area contributed by atoms with Gasteiger partial charge in [0.05, 0.1) is 12.7 Å². The quantitative estimate of drug-likeness (QED) is 0.611. The highest BCUT2D eigenvalue weighted by Gasteiger charge is 2.15. The number of hydrogen-bond acceptors (Lipinski definition) is 2. The van der Waals surface area contributed by atoms with Gasteiger partial charge in [0.25, 0.3) is 0 Å². The van der Waals surface area contributed by atoms with E-state index in [-0.39, 0.29) is 0 Å². The molecule has 0 bridgehead atoms. The van der Waals surface area contributed by atoms with E-state index in [4.69, 9.17) is 4.74 Å². The molecule has 1 fully saturated rings. The molecule has 11 heavy (non-hydrogen) atoms. The van der Waals surface area contributed by atoms with E-state index in [2.05, 4.69) is 19.2 Å². The van der Waals surface area contributed by atoms with Crippen LogP contribution in [0.25, 0.3) is 0 Å². The molecule has 2 heteroatoms. The van der Waals surface area contributed by atoms with Crippen LogP contribution in [0.1, 0.15) is 33.1 Å². The lowest BCUT2D eigenvalue weighted by Crippen LogP contribution is -2.37. The van der Waals surface area contributed by atoms with E-state index in [1.165, 1.54) is 19.3 Å². The van der Waals surface area contributed by atoms with Crippen LogP contribution in [-0.4, -0.2) is 25.3 Å². The lowest BCUT2D eigenvalue weighted by Gasteiger charge is -2.26. The molecule has 66 valence electrons. The summed E-state index contributed by atoms with van der Waals surface area (Å²) in [6, 6.07) is 0.797. The van der Waals surface area contributed by atoms with Gasteiger partial charge in [-0.25, -0.2) is 0 Å². The Morgan fingerprint density at radius 2 is 2.18 bits per heavy atom. The topological polar surface area (TPSA) is 21.3 Å². The average Bonchev–Trinajstić information content (AvgIpc) is 1.82. The summed E-state index contributed by atoms with van der Waals surface area (Å²) >= 11 is 0. The largest absolute Gasteiger partial charge is 0.377 e. The third-order valence-corrected chi connectivity index (χ3v) is 2.09. The molecule has 0 aliphatic heterocycles. The molecule has 0 radical (unpaired) electrons. The Hall–Kier alpha value is -0.0800. The van der Waals surface area contributed by atoms with Gasteiger partial charge in [0.1, 0.15) is 0 Å². The van der Waals surface area contributed by atoms with E-state index >= 15 is 0 Å². The molecular weight excluding hydrogens is 138 g/mol. The lowest BCUT2D eigenvalue weighted by atomic mass is 9.93. The van der Waals surface area contributed by atoms with Gasteiger partial charge >= 0.3 is 0 Å².